The van der Waals surface area contributed by atoms with Crippen LogP contribution in [0.15, 0.2) is 0 Å². The summed E-state index contributed by atoms with van der Waals surface area (Å²) < 4.78 is 10.4. The molecule has 15 heavy (non-hydrogen) atoms. The molecule has 0 aromatic heterocycles. The van der Waals surface area contributed by atoms with Crippen molar-refractivity contribution in [1.29, 1.82) is 0 Å². The van der Waals surface area contributed by atoms with Gasteiger partial charge in [-0.1, -0.05) is 13.3 Å². The Balaban J connectivity index is 3.43. The van der Waals surface area contributed by atoms with E-state index < -0.39 is 6.10 Å². The van der Waals surface area contributed by atoms with Gasteiger partial charge in [0.2, 0.25) is 0 Å². The lowest BCUT2D eigenvalue weighted by Crippen LogP contribution is -2.28. The molecule has 2 atom stereocenters. The Morgan fingerprint density at radius 1 is 1.13 bits per heavy atom. The molecule has 0 heterocycles. The zero-order valence-corrected chi connectivity index (χ0v) is 9.26. The summed E-state index contributed by atoms with van der Waals surface area (Å²) in [5.41, 5.74) is 0. The second-order valence-corrected chi connectivity index (χ2v) is 3.40. The number of ether oxygens (including phenoxy) is 2. The predicted molar refractivity (Wildman–Crippen MR) is 55.6 cm³/mol. The van der Waals surface area contributed by atoms with Gasteiger partial charge < -0.3 is 24.8 Å². The van der Waals surface area contributed by atoms with Gasteiger partial charge in [-0.2, -0.15) is 0 Å². The number of unbranched alkanes of at least 4 members (excludes halogenated alkanes) is 1. The van der Waals surface area contributed by atoms with Gasteiger partial charge in [0, 0.05) is 6.61 Å². The van der Waals surface area contributed by atoms with E-state index in [9.17, 15) is 0 Å². The van der Waals surface area contributed by atoms with Gasteiger partial charge in [-0.05, 0) is 6.42 Å². The normalized spacial score (nSPS) is 15.2. The summed E-state index contributed by atoms with van der Waals surface area (Å²) in [5, 5.41) is 26.4. The molecule has 0 amide bonds. The molecule has 2 unspecified atom stereocenters. The summed E-state index contributed by atoms with van der Waals surface area (Å²) in [6.45, 7) is 2.54. The molecule has 0 spiro atoms. The van der Waals surface area contributed by atoms with E-state index in [1.807, 2.05) is 0 Å². The molecule has 0 aromatic rings. The molecular formula is C10H22O5. The van der Waals surface area contributed by atoms with Crippen molar-refractivity contribution in [2.24, 2.45) is 0 Å². The summed E-state index contributed by atoms with van der Waals surface area (Å²) >= 11 is 0. The highest BCUT2D eigenvalue weighted by atomic mass is 16.5. The van der Waals surface area contributed by atoms with E-state index in [2.05, 4.69) is 6.92 Å². The second kappa shape index (κ2) is 10.3. The maximum atomic E-state index is 8.98. The highest BCUT2D eigenvalue weighted by Crippen LogP contribution is 1.97. The Hall–Kier alpha value is -0.200. The minimum Gasteiger partial charge on any atom is -0.394 e. The molecule has 0 aromatic carbocycles. The smallest absolute Gasteiger partial charge is 0.104 e. The summed E-state index contributed by atoms with van der Waals surface area (Å²) in [6, 6.07) is 0. The van der Waals surface area contributed by atoms with E-state index in [1.54, 1.807) is 0 Å². The molecule has 0 aliphatic heterocycles. The lowest BCUT2D eigenvalue weighted by molar-refractivity contribution is -0.0647. The van der Waals surface area contributed by atoms with Gasteiger partial charge >= 0.3 is 0 Å². The average molecular weight is 222 g/mol. The maximum absolute atomic E-state index is 8.98. The van der Waals surface area contributed by atoms with Crippen LogP contribution >= 0.6 is 0 Å². The van der Waals surface area contributed by atoms with Crippen LogP contribution in [-0.2, 0) is 9.47 Å². The lowest BCUT2D eigenvalue weighted by Gasteiger charge is -2.16. The van der Waals surface area contributed by atoms with Crippen LogP contribution in [-0.4, -0.2) is 60.6 Å². The Bertz CT molecular complexity index is 131. The molecule has 5 nitrogen and oxygen atoms in total. The second-order valence-electron chi connectivity index (χ2n) is 3.40. The molecule has 5 heteroatoms. The summed E-state index contributed by atoms with van der Waals surface area (Å²) in [5.74, 6) is 0. The number of aliphatic hydroxyl groups excluding tert-OH is 3. The third-order valence-corrected chi connectivity index (χ3v) is 1.88. The topological polar surface area (TPSA) is 79.2 Å². The molecule has 0 saturated heterocycles. The third kappa shape index (κ3) is 8.77. The average Bonchev–Trinajstić information content (AvgIpc) is 2.26. The van der Waals surface area contributed by atoms with Gasteiger partial charge in [0.15, 0.2) is 0 Å². The van der Waals surface area contributed by atoms with Crippen molar-refractivity contribution in [3.8, 4) is 0 Å². The fourth-order valence-corrected chi connectivity index (χ4v) is 0.936. The number of hydrogen-bond donors (Lipinski definition) is 3. The van der Waals surface area contributed by atoms with Gasteiger partial charge in [0.1, 0.15) is 12.2 Å². The Kier molecular flexibility index (Phi) is 10.2. The van der Waals surface area contributed by atoms with Crippen LogP contribution in [0, 0.1) is 0 Å². The predicted octanol–water partition coefficient (Wildman–Crippen LogP) is -0.466. The van der Waals surface area contributed by atoms with Crippen molar-refractivity contribution >= 4 is 0 Å². The largest absolute Gasteiger partial charge is 0.394 e. The van der Waals surface area contributed by atoms with Crippen molar-refractivity contribution in [2.45, 2.75) is 32.0 Å². The van der Waals surface area contributed by atoms with Crippen molar-refractivity contribution in [3.63, 3.8) is 0 Å². The van der Waals surface area contributed by atoms with Crippen molar-refractivity contribution in [2.75, 3.05) is 33.0 Å². The van der Waals surface area contributed by atoms with Gasteiger partial charge in [-0.15, -0.1) is 0 Å². The molecule has 0 fully saturated rings. The summed E-state index contributed by atoms with van der Waals surface area (Å²) in [4.78, 5) is 0. The fourth-order valence-electron chi connectivity index (χ4n) is 0.936. The minimum absolute atomic E-state index is 0.0597. The monoisotopic (exact) mass is 222 g/mol. The van der Waals surface area contributed by atoms with Gasteiger partial charge in [0.05, 0.1) is 26.4 Å². The van der Waals surface area contributed by atoms with Crippen LogP contribution in [0.2, 0.25) is 0 Å². The first-order valence-electron chi connectivity index (χ1n) is 5.33. The summed E-state index contributed by atoms with van der Waals surface area (Å²) in [7, 11) is 0. The molecular weight excluding hydrogens is 200 g/mol. The van der Waals surface area contributed by atoms with E-state index in [0.29, 0.717) is 6.61 Å². The van der Waals surface area contributed by atoms with E-state index in [4.69, 9.17) is 24.8 Å². The summed E-state index contributed by atoms with van der Waals surface area (Å²) in [6.07, 6.45) is 0.792. The highest BCUT2D eigenvalue weighted by molar-refractivity contribution is 4.56. The Morgan fingerprint density at radius 2 is 1.87 bits per heavy atom. The van der Waals surface area contributed by atoms with E-state index in [1.165, 1.54) is 0 Å². The molecule has 0 aliphatic rings. The first kappa shape index (κ1) is 14.8. The number of rotatable bonds is 10. The van der Waals surface area contributed by atoms with Crippen LogP contribution < -0.4 is 0 Å². The molecule has 0 bridgehead atoms. The van der Waals surface area contributed by atoms with Crippen LogP contribution in [0.4, 0.5) is 0 Å². The van der Waals surface area contributed by atoms with Gasteiger partial charge in [-0.3, -0.25) is 0 Å². The van der Waals surface area contributed by atoms with E-state index in [-0.39, 0.29) is 32.5 Å². The Labute approximate surface area is 90.6 Å². The van der Waals surface area contributed by atoms with Crippen LogP contribution in [0.3, 0.4) is 0 Å². The van der Waals surface area contributed by atoms with Crippen molar-refractivity contribution in [1.82, 2.24) is 0 Å². The maximum Gasteiger partial charge on any atom is 0.104 e. The molecule has 3 N–H and O–H groups in total. The first-order chi connectivity index (χ1) is 7.24. The fraction of sp³-hybridized carbons (Fsp3) is 1.00. The number of aliphatic hydroxyl groups is 3. The number of hydrogen-bond acceptors (Lipinski definition) is 5. The Morgan fingerprint density at radius 3 is 2.40 bits per heavy atom. The molecule has 0 radical (unpaired) electrons. The minimum atomic E-state index is -0.861. The zero-order chi connectivity index (χ0) is 11.5. The molecule has 92 valence electrons. The van der Waals surface area contributed by atoms with Crippen molar-refractivity contribution < 1.29 is 24.8 Å². The standard InChI is InChI=1S/C10H22O5/c1-2-3-4-15-10(6-12)8-14-7-9(13)5-11/h9-13H,2-8H2,1H3. The lowest BCUT2D eigenvalue weighted by atomic mass is 10.3. The van der Waals surface area contributed by atoms with Crippen molar-refractivity contribution in [3.05, 3.63) is 0 Å². The zero-order valence-electron chi connectivity index (χ0n) is 9.26. The van der Waals surface area contributed by atoms with E-state index in [0.717, 1.165) is 12.8 Å². The quantitative estimate of drug-likeness (QED) is 0.436. The van der Waals surface area contributed by atoms with Crippen LogP contribution in [0.5, 0.6) is 0 Å². The first-order valence-corrected chi connectivity index (χ1v) is 5.33. The molecule has 0 aliphatic carbocycles. The van der Waals surface area contributed by atoms with Crippen LogP contribution in [0.25, 0.3) is 0 Å². The SMILES string of the molecule is CCCCOC(CO)COCC(O)CO. The third-order valence-electron chi connectivity index (χ3n) is 1.88. The van der Waals surface area contributed by atoms with E-state index >= 15 is 0 Å². The highest BCUT2D eigenvalue weighted by Gasteiger charge is 2.09. The van der Waals surface area contributed by atoms with Gasteiger partial charge in [-0.25, -0.2) is 0 Å². The van der Waals surface area contributed by atoms with Gasteiger partial charge in [0.25, 0.3) is 0 Å². The van der Waals surface area contributed by atoms with Crippen LogP contribution in [0.1, 0.15) is 19.8 Å². The molecule has 0 saturated carbocycles. The molecule has 0 rings (SSSR count).